The van der Waals surface area contributed by atoms with Crippen LogP contribution in [0.1, 0.15) is 22.8 Å². The highest BCUT2D eigenvalue weighted by Gasteiger charge is 2.42. The monoisotopic (exact) mass is 442 g/mol. The van der Waals surface area contributed by atoms with E-state index < -0.39 is 34.2 Å². The van der Waals surface area contributed by atoms with Crippen molar-refractivity contribution in [3.8, 4) is 11.5 Å². The number of carbonyl (C=O) groups is 2. The number of phenolic OH excluding ortho intramolecular Hbond substituents is 2. The van der Waals surface area contributed by atoms with Gasteiger partial charge in [0.2, 0.25) is 0 Å². The van der Waals surface area contributed by atoms with Crippen LogP contribution in [-0.4, -0.2) is 47.1 Å². The second-order valence-electron chi connectivity index (χ2n) is 6.63. The topological polar surface area (TPSA) is 147 Å². The molecule has 156 valence electrons. The molecule has 0 spiro atoms. The summed E-state index contributed by atoms with van der Waals surface area (Å²) in [6.07, 6.45) is -0.0550. The van der Waals surface area contributed by atoms with Gasteiger partial charge in [-0.2, -0.15) is 4.31 Å². The Hall–Kier alpha value is -2.82. The quantitative estimate of drug-likeness (QED) is 0.461. The molecule has 1 heterocycles. The van der Waals surface area contributed by atoms with Crippen LogP contribution in [0, 0.1) is 0 Å². The predicted molar refractivity (Wildman–Crippen MR) is 104 cm³/mol. The summed E-state index contributed by atoms with van der Waals surface area (Å²) in [4.78, 5) is 24.5. The minimum absolute atomic E-state index is 0. The van der Waals surface area contributed by atoms with Gasteiger partial charge in [-0.1, -0.05) is 18.2 Å². The number of hydrogen-bond acceptors (Lipinski definition) is 8. The van der Waals surface area contributed by atoms with Crippen molar-refractivity contribution >= 4 is 34.3 Å². The van der Waals surface area contributed by atoms with Crippen molar-refractivity contribution in [1.82, 2.24) is 4.31 Å². The molecular weight excluding hydrogens is 424 g/mol. The van der Waals surface area contributed by atoms with E-state index in [0.29, 0.717) is 9.87 Å². The van der Waals surface area contributed by atoms with E-state index in [9.17, 15) is 28.2 Å². The zero-order valence-electron chi connectivity index (χ0n) is 15.2. The molecule has 1 amide bonds. The molecule has 0 fully saturated rings. The Morgan fingerprint density at radius 3 is 2.45 bits per heavy atom. The Bertz CT molecular complexity index is 1070. The highest BCUT2D eigenvalue weighted by molar-refractivity contribution is 7.90. The third kappa shape index (κ3) is 4.14. The average Bonchev–Trinajstić information content (AvgIpc) is 2.82. The highest BCUT2D eigenvalue weighted by Crippen LogP contribution is 2.30. The first-order valence-corrected chi connectivity index (χ1v) is 9.61. The zero-order valence-corrected chi connectivity index (χ0v) is 16.9. The van der Waals surface area contributed by atoms with Crippen LogP contribution in [0.25, 0.3) is 0 Å². The third-order valence-electron chi connectivity index (χ3n) is 4.30. The Balaban J connectivity index is 0.00000300. The molecule has 3 rings (SSSR count). The molecule has 1 aliphatic rings. The third-order valence-corrected chi connectivity index (χ3v) is 6.07. The van der Waals surface area contributed by atoms with Gasteiger partial charge < -0.3 is 20.7 Å². The molecule has 0 saturated heterocycles. The number of benzene rings is 2. The van der Waals surface area contributed by atoms with Gasteiger partial charge in [-0.15, -0.1) is 12.4 Å². The summed E-state index contributed by atoms with van der Waals surface area (Å²) in [6, 6.07) is 9.67. The molecule has 0 radical (unpaired) electrons. The second kappa shape index (κ2) is 7.90. The first kappa shape index (κ1) is 22.5. The number of nitrogens with zero attached hydrogens (tertiary/aromatic N) is 1. The SMILES string of the molecule is C[C@](N)(Cc1ccc(O)c(O)c1)C(=O)OCN1C(=O)c2ccccc2S1(=O)=O.Cl. The number of amides is 1. The van der Waals surface area contributed by atoms with Crippen molar-refractivity contribution in [1.29, 1.82) is 0 Å². The van der Waals surface area contributed by atoms with Crippen molar-refractivity contribution in [2.75, 3.05) is 6.73 Å². The summed E-state index contributed by atoms with van der Waals surface area (Å²) in [5, 5.41) is 18.9. The average molecular weight is 443 g/mol. The summed E-state index contributed by atoms with van der Waals surface area (Å²) >= 11 is 0. The Morgan fingerprint density at radius 2 is 1.83 bits per heavy atom. The fourth-order valence-electron chi connectivity index (χ4n) is 2.82. The summed E-state index contributed by atoms with van der Waals surface area (Å²) < 4.78 is 30.4. The lowest BCUT2D eigenvalue weighted by molar-refractivity contribution is -0.151. The molecule has 0 aliphatic carbocycles. The van der Waals surface area contributed by atoms with E-state index in [0.717, 1.165) is 0 Å². The van der Waals surface area contributed by atoms with Crippen LogP contribution in [0.2, 0.25) is 0 Å². The Labute approximate surface area is 173 Å². The van der Waals surface area contributed by atoms with Gasteiger partial charge in [0.05, 0.1) is 5.56 Å². The van der Waals surface area contributed by atoms with Crippen LogP contribution in [0.4, 0.5) is 0 Å². The molecule has 2 aromatic rings. The maximum absolute atomic E-state index is 12.4. The van der Waals surface area contributed by atoms with Crippen molar-refractivity contribution in [2.45, 2.75) is 23.8 Å². The van der Waals surface area contributed by atoms with E-state index in [1.807, 2.05) is 0 Å². The molecule has 1 aliphatic heterocycles. The van der Waals surface area contributed by atoms with Gasteiger partial charge in [-0.3, -0.25) is 4.79 Å². The van der Waals surface area contributed by atoms with Crippen molar-refractivity contribution in [3.05, 3.63) is 53.6 Å². The number of hydrogen-bond donors (Lipinski definition) is 3. The van der Waals surface area contributed by atoms with Crippen LogP contribution in [0.15, 0.2) is 47.4 Å². The second-order valence-corrected chi connectivity index (χ2v) is 8.46. The van der Waals surface area contributed by atoms with E-state index in [-0.39, 0.29) is 40.8 Å². The number of sulfonamides is 1. The van der Waals surface area contributed by atoms with Gasteiger partial charge in [-0.05, 0) is 36.8 Å². The summed E-state index contributed by atoms with van der Waals surface area (Å²) in [5.74, 6) is -2.40. The predicted octanol–water partition coefficient (Wildman–Crippen LogP) is 1.12. The first-order chi connectivity index (χ1) is 13.0. The summed E-state index contributed by atoms with van der Waals surface area (Å²) in [7, 11) is -4.10. The number of aromatic hydroxyl groups is 2. The van der Waals surface area contributed by atoms with Crippen LogP contribution >= 0.6 is 12.4 Å². The number of nitrogens with two attached hydrogens (primary N) is 1. The van der Waals surface area contributed by atoms with Gasteiger partial charge >= 0.3 is 5.97 Å². The van der Waals surface area contributed by atoms with E-state index in [2.05, 4.69) is 0 Å². The molecule has 2 aromatic carbocycles. The fourth-order valence-corrected chi connectivity index (χ4v) is 4.25. The van der Waals surface area contributed by atoms with E-state index in [4.69, 9.17) is 10.5 Å². The molecule has 1 atom stereocenters. The molecule has 9 nitrogen and oxygen atoms in total. The van der Waals surface area contributed by atoms with Gasteiger partial charge in [0.1, 0.15) is 10.4 Å². The fraction of sp³-hybridized carbons (Fsp3) is 0.222. The molecule has 4 N–H and O–H groups in total. The van der Waals surface area contributed by atoms with Crippen LogP contribution < -0.4 is 5.73 Å². The largest absolute Gasteiger partial charge is 0.504 e. The maximum atomic E-state index is 12.4. The van der Waals surface area contributed by atoms with E-state index in [1.54, 1.807) is 0 Å². The summed E-state index contributed by atoms with van der Waals surface area (Å²) in [6.45, 7) is 0.566. The minimum Gasteiger partial charge on any atom is -0.504 e. The van der Waals surface area contributed by atoms with Crippen LogP contribution in [0.5, 0.6) is 11.5 Å². The molecular formula is C18H19ClN2O7S. The molecule has 11 heteroatoms. The molecule has 0 aromatic heterocycles. The van der Waals surface area contributed by atoms with Crippen molar-refractivity contribution in [3.63, 3.8) is 0 Å². The smallest absolute Gasteiger partial charge is 0.327 e. The maximum Gasteiger partial charge on any atom is 0.327 e. The standard InChI is InChI=1S/C18H18N2O7S.ClH/c1-18(19,9-11-6-7-13(21)14(22)8-11)17(24)27-10-20-16(23)12-4-2-3-5-15(12)28(20,25)26;/h2-8,21-22H,9-10,19H2,1H3;1H/t18-;/m0./s1. The number of fused-ring (bicyclic) bond motifs is 1. The minimum atomic E-state index is -4.10. The van der Waals surface area contributed by atoms with E-state index in [1.165, 1.54) is 49.4 Å². The number of esters is 1. The summed E-state index contributed by atoms with van der Waals surface area (Å²) in [5.41, 5.74) is 4.87. The highest BCUT2D eigenvalue weighted by atomic mass is 35.5. The Kier molecular flexibility index (Phi) is 6.12. The number of halogens is 1. The lowest BCUT2D eigenvalue weighted by atomic mass is 9.94. The van der Waals surface area contributed by atoms with Gasteiger partial charge in [0, 0.05) is 6.42 Å². The lowest BCUT2D eigenvalue weighted by Crippen LogP contribution is -2.49. The van der Waals surface area contributed by atoms with Crippen molar-refractivity contribution in [2.24, 2.45) is 5.73 Å². The van der Waals surface area contributed by atoms with Gasteiger partial charge in [0.15, 0.2) is 18.2 Å². The molecule has 0 unspecified atom stereocenters. The van der Waals surface area contributed by atoms with Gasteiger partial charge in [-0.25, -0.2) is 13.2 Å². The zero-order chi connectivity index (χ0) is 20.7. The van der Waals surface area contributed by atoms with Crippen LogP contribution in [0.3, 0.4) is 0 Å². The number of rotatable bonds is 5. The number of carbonyl (C=O) groups excluding carboxylic acids is 2. The normalized spacial score (nSPS) is 16.5. The van der Waals surface area contributed by atoms with Crippen molar-refractivity contribution < 1.29 is 33.0 Å². The number of ether oxygens (including phenoxy) is 1. The lowest BCUT2D eigenvalue weighted by Gasteiger charge is -2.24. The van der Waals surface area contributed by atoms with E-state index >= 15 is 0 Å². The Morgan fingerprint density at radius 1 is 1.17 bits per heavy atom. The molecule has 0 saturated carbocycles. The van der Waals surface area contributed by atoms with Crippen LogP contribution in [-0.2, 0) is 26.0 Å². The first-order valence-electron chi connectivity index (χ1n) is 8.17. The molecule has 0 bridgehead atoms. The number of phenols is 2. The molecule has 29 heavy (non-hydrogen) atoms. The van der Waals surface area contributed by atoms with Gasteiger partial charge in [0.25, 0.3) is 15.9 Å².